The van der Waals surface area contributed by atoms with E-state index in [2.05, 4.69) is 15.0 Å². The molecule has 1 N–H and O–H groups in total. The average Bonchev–Trinajstić information content (AvgIpc) is 3.25. The normalized spacial score (nSPS) is 15.2. The van der Waals surface area contributed by atoms with Gasteiger partial charge in [0.15, 0.2) is 5.43 Å². The third-order valence-corrected chi connectivity index (χ3v) is 3.39. The second-order valence-corrected chi connectivity index (χ2v) is 5.09. The highest BCUT2D eigenvalue weighted by Crippen LogP contribution is 2.37. The molecule has 1 aliphatic rings. The number of aromatic nitrogens is 3. The number of nitrogens with one attached hydrogen (secondary N) is 1. The highest BCUT2D eigenvalue weighted by Gasteiger charge is 2.35. The summed E-state index contributed by atoms with van der Waals surface area (Å²) in [7, 11) is 0. The topological polar surface area (TPSA) is 58.6 Å². The van der Waals surface area contributed by atoms with Gasteiger partial charge in [-0.3, -0.25) is 4.79 Å². The Kier molecular flexibility index (Phi) is 3.27. The molecular weight excluding hydrogens is 283 g/mol. The summed E-state index contributed by atoms with van der Waals surface area (Å²) in [6, 6.07) is 1.09. The van der Waals surface area contributed by atoms with Crippen LogP contribution in [0.1, 0.15) is 41.4 Å². The summed E-state index contributed by atoms with van der Waals surface area (Å²) >= 11 is 0. The molecule has 3 rings (SSSR count). The molecule has 2 aromatic heterocycles. The largest absolute Gasteiger partial charge is 0.431 e. The van der Waals surface area contributed by atoms with E-state index >= 15 is 0 Å². The number of alkyl halides is 3. The van der Waals surface area contributed by atoms with Crippen LogP contribution in [0.5, 0.6) is 0 Å². The summed E-state index contributed by atoms with van der Waals surface area (Å²) in [6.07, 6.45) is 1.36. The zero-order valence-electron chi connectivity index (χ0n) is 10.9. The van der Waals surface area contributed by atoms with Crippen molar-refractivity contribution in [3.8, 4) is 0 Å². The number of nitrogens with zero attached hydrogens (tertiary/aromatic N) is 2. The molecule has 7 heteroatoms. The molecule has 0 saturated heterocycles. The van der Waals surface area contributed by atoms with Gasteiger partial charge in [-0.2, -0.15) is 13.2 Å². The smallest absolute Gasteiger partial charge is 0.357 e. The van der Waals surface area contributed by atoms with Crippen LogP contribution in [-0.4, -0.2) is 15.0 Å². The first-order valence-corrected chi connectivity index (χ1v) is 6.53. The molecule has 110 valence electrons. The van der Waals surface area contributed by atoms with Crippen LogP contribution in [0.2, 0.25) is 0 Å². The zero-order valence-corrected chi connectivity index (χ0v) is 10.9. The van der Waals surface area contributed by atoms with Crippen LogP contribution in [0, 0.1) is 0 Å². The van der Waals surface area contributed by atoms with E-state index in [0.29, 0.717) is 11.5 Å². The predicted molar refractivity (Wildman–Crippen MR) is 68.9 cm³/mol. The summed E-state index contributed by atoms with van der Waals surface area (Å²) in [4.78, 5) is 22.1. The van der Waals surface area contributed by atoms with Crippen molar-refractivity contribution in [2.75, 3.05) is 0 Å². The molecule has 0 atom stereocenters. The van der Waals surface area contributed by atoms with E-state index in [1.807, 2.05) is 0 Å². The van der Waals surface area contributed by atoms with E-state index in [-0.39, 0.29) is 12.0 Å². The second kappa shape index (κ2) is 4.98. The van der Waals surface area contributed by atoms with Gasteiger partial charge in [0.05, 0.1) is 0 Å². The number of hydrogen-bond acceptors (Lipinski definition) is 3. The standard InChI is InChI=1S/C14H12F3N3O/c15-14(16,17)12-10(11(21)3-4-18-12)5-8-6-19-13(20-7-8)9-1-2-9/h3-4,6-7,9H,1-2,5H2,(H,18,21). The number of aromatic amines is 1. The summed E-state index contributed by atoms with van der Waals surface area (Å²) in [5.41, 5.74) is -1.48. The first-order valence-electron chi connectivity index (χ1n) is 6.53. The van der Waals surface area contributed by atoms with Crippen molar-refractivity contribution in [2.24, 2.45) is 0 Å². The molecule has 1 saturated carbocycles. The summed E-state index contributed by atoms with van der Waals surface area (Å²) < 4.78 is 38.7. The Balaban J connectivity index is 1.92. The Morgan fingerprint density at radius 1 is 1.24 bits per heavy atom. The van der Waals surface area contributed by atoms with Crippen LogP contribution in [0.15, 0.2) is 29.5 Å². The number of H-pyrrole nitrogens is 1. The summed E-state index contributed by atoms with van der Waals surface area (Å²) in [5, 5.41) is 0. The fraction of sp³-hybridized carbons (Fsp3) is 0.357. The minimum atomic E-state index is -4.59. The molecule has 0 radical (unpaired) electrons. The van der Waals surface area contributed by atoms with Gasteiger partial charge in [-0.05, 0) is 18.4 Å². The molecule has 21 heavy (non-hydrogen) atoms. The molecule has 2 aromatic rings. The molecule has 0 spiro atoms. The van der Waals surface area contributed by atoms with E-state index in [1.165, 1.54) is 12.4 Å². The van der Waals surface area contributed by atoms with Gasteiger partial charge in [-0.1, -0.05) is 0 Å². The second-order valence-electron chi connectivity index (χ2n) is 5.09. The number of pyridine rings is 1. The third-order valence-electron chi connectivity index (χ3n) is 3.39. The van der Waals surface area contributed by atoms with Crippen LogP contribution < -0.4 is 5.43 Å². The highest BCUT2D eigenvalue weighted by atomic mass is 19.4. The Morgan fingerprint density at radius 2 is 1.90 bits per heavy atom. The van der Waals surface area contributed by atoms with E-state index in [0.717, 1.165) is 30.9 Å². The maximum atomic E-state index is 12.9. The van der Waals surface area contributed by atoms with Crippen molar-refractivity contribution in [1.29, 1.82) is 0 Å². The van der Waals surface area contributed by atoms with E-state index in [9.17, 15) is 18.0 Å². The van der Waals surface area contributed by atoms with Crippen LogP contribution >= 0.6 is 0 Å². The van der Waals surface area contributed by atoms with Gasteiger partial charge >= 0.3 is 6.18 Å². The number of rotatable bonds is 3. The maximum Gasteiger partial charge on any atom is 0.431 e. The Bertz CT molecular complexity index is 703. The first-order chi connectivity index (χ1) is 9.95. The van der Waals surface area contributed by atoms with Crippen LogP contribution in [-0.2, 0) is 12.6 Å². The lowest BCUT2D eigenvalue weighted by Gasteiger charge is -2.11. The van der Waals surface area contributed by atoms with Crippen LogP contribution in [0.25, 0.3) is 0 Å². The minimum Gasteiger partial charge on any atom is -0.357 e. The number of halogens is 3. The molecule has 1 aliphatic carbocycles. The molecule has 2 heterocycles. The van der Waals surface area contributed by atoms with Gasteiger partial charge in [0, 0.05) is 42.6 Å². The van der Waals surface area contributed by atoms with Crippen molar-refractivity contribution in [3.05, 3.63) is 57.5 Å². The lowest BCUT2D eigenvalue weighted by molar-refractivity contribution is -0.141. The van der Waals surface area contributed by atoms with Crippen molar-refractivity contribution in [3.63, 3.8) is 0 Å². The van der Waals surface area contributed by atoms with Gasteiger partial charge in [-0.25, -0.2) is 9.97 Å². The fourth-order valence-electron chi connectivity index (χ4n) is 2.15. The Labute approximate surface area is 118 Å². The SMILES string of the molecule is O=c1cc[nH]c(C(F)(F)F)c1Cc1cnc(C2CC2)nc1. The highest BCUT2D eigenvalue weighted by molar-refractivity contribution is 5.28. The summed E-state index contributed by atoms with van der Waals surface area (Å²) in [6.45, 7) is 0. The Morgan fingerprint density at radius 3 is 2.48 bits per heavy atom. The summed E-state index contributed by atoms with van der Waals surface area (Å²) in [5.74, 6) is 1.10. The van der Waals surface area contributed by atoms with Gasteiger partial charge in [0.25, 0.3) is 0 Å². The fourth-order valence-corrected chi connectivity index (χ4v) is 2.15. The van der Waals surface area contributed by atoms with Crippen LogP contribution in [0.4, 0.5) is 13.2 Å². The first kappa shape index (κ1) is 13.8. The lowest BCUT2D eigenvalue weighted by Crippen LogP contribution is -2.20. The quantitative estimate of drug-likeness (QED) is 0.947. The predicted octanol–water partition coefficient (Wildman–Crippen LogP) is 2.65. The van der Waals surface area contributed by atoms with Crippen molar-refractivity contribution in [2.45, 2.75) is 31.4 Å². The van der Waals surface area contributed by atoms with Gasteiger partial charge < -0.3 is 4.98 Å². The minimum absolute atomic E-state index is 0.143. The van der Waals surface area contributed by atoms with E-state index in [1.54, 1.807) is 0 Å². The maximum absolute atomic E-state index is 12.9. The molecule has 0 aromatic carbocycles. The van der Waals surface area contributed by atoms with Gasteiger partial charge in [0.2, 0.25) is 0 Å². The zero-order chi connectivity index (χ0) is 15.0. The molecule has 4 nitrogen and oxygen atoms in total. The number of hydrogen-bond donors (Lipinski definition) is 1. The average molecular weight is 295 g/mol. The molecule has 1 fully saturated rings. The van der Waals surface area contributed by atoms with Gasteiger partial charge in [0.1, 0.15) is 11.5 Å². The van der Waals surface area contributed by atoms with Crippen molar-refractivity contribution in [1.82, 2.24) is 15.0 Å². The monoisotopic (exact) mass is 295 g/mol. The van der Waals surface area contributed by atoms with Crippen molar-refractivity contribution < 1.29 is 13.2 Å². The molecule has 0 amide bonds. The van der Waals surface area contributed by atoms with E-state index < -0.39 is 17.3 Å². The molecule has 0 unspecified atom stereocenters. The lowest BCUT2D eigenvalue weighted by atomic mass is 10.1. The van der Waals surface area contributed by atoms with Gasteiger partial charge in [-0.15, -0.1) is 0 Å². The van der Waals surface area contributed by atoms with Crippen LogP contribution in [0.3, 0.4) is 0 Å². The third kappa shape index (κ3) is 2.96. The molecular formula is C14H12F3N3O. The molecule has 0 bridgehead atoms. The molecule has 0 aliphatic heterocycles. The van der Waals surface area contributed by atoms with E-state index in [4.69, 9.17) is 0 Å². The Hall–Kier alpha value is -2.18. The van der Waals surface area contributed by atoms with Crippen molar-refractivity contribution >= 4 is 0 Å².